The minimum atomic E-state index is -0.499. The Morgan fingerprint density at radius 2 is 1.74 bits per heavy atom. The lowest BCUT2D eigenvalue weighted by molar-refractivity contribution is -0.123. The van der Waals surface area contributed by atoms with Crippen molar-refractivity contribution in [2.45, 2.75) is 29.5 Å². The summed E-state index contributed by atoms with van der Waals surface area (Å²) in [5, 5.41) is 3.63. The van der Waals surface area contributed by atoms with Crippen molar-refractivity contribution in [3.05, 3.63) is 103 Å². The van der Waals surface area contributed by atoms with Crippen LogP contribution in [0.1, 0.15) is 28.3 Å². The van der Waals surface area contributed by atoms with Crippen molar-refractivity contribution >= 4 is 68.1 Å². The van der Waals surface area contributed by atoms with Crippen LogP contribution in [0.4, 0.5) is 15.8 Å². The van der Waals surface area contributed by atoms with Gasteiger partial charge in [0.25, 0.3) is 5.91 Å². The second-order valence-electron chi connectivity index (χ2n) is 12.3. The number of anilines is 2. The van der Waals surface area contributed by atoms with E-state index in [0.717, 1.165) is 43.3 Å². The van der Waals surface area contributed by atoms with Crippen LogP contribution in [0.3, 0.4) is 0 Å². The number of nitrogens with zero attached hydrogens (tertiary/aromatic N) is 1. The molecular weight excluding hydrogens is 693 g/mol. The SMILES string of the molecule is Cc1ccc(NC(=O)COc2ccc(Br)cc2[C@H]2c3sc(=O)[nH]c3SC3C2[C@H]2C[C@@H]3C3C(=O)N(c4ccc(F)cc4)C(=O)C32)cc1. The summed E-state index contributed by atoms with van der Waals surface area (Å²) in [4.78, 5) is 58.4. The fraction of sp³-hybridized carbons (Fsp3) is 0.294. The number of rotatable bonds is 6. The molecule has 4 aromatic rings. The molecule has 3 fully saturated rings. The average Bonchev–Trinajstić information content (AvgIpc) is 3.77. The van der Waals surface area contributed by atoms with Crippen molar-refractivity contribution in [3.63, 3.8) is 0 Å². The minimum absolute atomic E-state index is 0.0180. The maximum atomic E-state index is 14.0. The van der Waals surface area contributed by atoms with Crippen molar-refractivity contribution in [3.8, 4) is 5.75 Å². The van der Waals surface area contributed by atoms with Crippen LogP contribution in [0.5, 0.6) is 5.75 Å². The summed E-state index contributed by atoms with van der Waals surface area (Å²) in [5.74, 6) is -2.20. The van der Waals surface area contributed by atoms with Gasteiger partial charge in [-0.25, -0.2) is 4.39 Å². The smallest absolute Gasteiger partial charge is 0.305 e. The van der Waals surface area contributed by atoms with E-state index in [1.54, 1.807) is 11.8 Å². The van der Waals surface area contributed by atoms with Gasteiger partial charge in [0.15, 0.2) is 6.61 Å². The van der Waals surface area contributed by atoms with Gasteiger partial charge < -0.3 is 15.0 Å². The normalized spacial score (nSPS) is 27.4. The molecule has 2 saturated carbocycles. The van der Waals surface area contributed by atoms with E-state index < -0.39 is 17.7 Å². The number of ether oxygens (including phenoxy) is 1. The number of amides is 3. The summed E-state index contributed by atoms with van der Waals surface area (Å²) in [6, 6.07) is 18.6. The van der Waals surface area contributed by atoms with Crippen LogP contribution in [0.2, 0.25) is 0 Å². The molecule has 4 aliphatic rings. The Morgan fingerprint density at radius 1 is 1.02 bits per heavy atom. The highest BCUT2D eigenvalue weighted by Crippen LogP contribution is 2.69. The van der Waals surface area contributed by atoms with Gasteiger partial charge in [0.05, 0.1) is 22.5 Å². The zero-order valence-corrected chi connectivity index (χ0v) is 27.6. The molecule has 2 N–H and O–H groups in total. The van der Waals surface area contributed by atoms with E-state index in [1.807, 2.05) is 49.4 Å². The molecule has 234 valence electrons. The number of aromatic nitrogens is 1. The average molecular weight is 721 g/mol. The third-order valence-corrected chi connectivity index (χ3v) is 12.9. The molecule has 1 aromatic heterocycles. The Kier molecular flexibility index (Phi) is 7.22. The molecule has 1 saturated heterocycles. The lowest BCUT2D eigenvalue weighted by Crippen LogP contribution is -2.42. The number of thiazole rings is 1. The zero-order chi connectivity index (χ0) is 31.9. The summed E-state index contributed by atoms with van der Waals surface area (Å²) < 4.78 is 20.7. The zero-order valence-electron chi connectivity index (χ0n) is 24.4. The first-order chi connectivity index (χ1) is 22.2. The van der Waals surface area contributed by atoms with Crippen LogP contribution in [-0.2, 0) is 14.4 Å². The first-order valence-electron chi connectivity index (χ1n) is 15.0. The molecule has 8 rings (SSSR count). The highest BCUT2D eigenvalue weighted by atomic mass is 79.9. The quantitative estimate of drug-likeness (QED) is 0.225. The first kappa shape index (κ1) is 29.6. The van der Waals surface area contributed by atoms with E-state index >= 15 is 0 Å². The molecule has 3 aromatic carbocycles. The number of carbonyl (C=O) groups excluding carboxylic acids is 3. The van der Waals surface area contributed by atoms with Gasteiger partial charge in [-0.1, -0.05) is 45.0 Å². The van der Waals surface area contributed by atoms with Crippen molar-refractivity contribution in [1.82, 2.24) is 4.98 Å². The Balaban J connectivity index is 1.14. The Morgan fingerprint density at radius 3 is 2.48 bits per heavy atom. The van der Waals surface area contributed by atoms with Crippen molar-refractivity contribution in [2.24, 2.45) is 29.6 Å². The third-order valence-electron chi connectivity index (χ3n) is 9.81. The second kappa shape index (κ2) is 11.2. The minimum Gasteiger partial charge on any atom is -0.483 e. The number of hydrogen-bond donors (Lipinski definition) is 2. The molecular formula is C34H27BrFN3O5S2. The van der Waals surface area contributed by atoms with E-state index in [0.29, 0.717) is 17.1 Å². The van der Waals surface area contributed by atoms with Crippen LogP contribution < -0.4 is 19.8 Å². The van der Waals surface area contributed by atoms with Gasteiger partial charge in [0.1, 0.15) is 11.6 Å². The number of nitrogens with one attached hydrogen (secondary N) is 2. The monoisotopic (exact) mass is 719 g/mol. The number of carbonyl (C=O) groups is 3. The van der Waals surface area contributed by atoms with Gasteiger partial charge in [-0.3, -0.25) is 24.1 Å². The van der Waals surface area contributed by atoms with Gasteiger partial charge in [0, 0.05) is 31.8 Å². The predicted molar refractivity (Wildman–Crippen MR) is 177 cm³/mol. The van der Waals surface area contributed by atoms with E-state index in [9.17, 15) is 23.6 Å². The van der Waals surface area contributed by atoms with Crippen LogP contribution in [0.25, 0.3) is 0 Å². The Labute approximate surface area is 279 Å². The van der Waals surface area contributed by atoms with Gasteiger partial charge in [-0.05, 0) is 85.7 Å². The van der Waals surface area contributed by atoms with Gasteiger partial charge in [0.2, 0.25) is 11.8 Å². The van der Waals surface area contributed by atoms with Crippen molar-refractivity contribution < 1.29 is 23.5 Å². The van der Waals surface area contributed by atoms with E-state index in [4.69, 9.17) is 4.74 Å². The van der Waals surface area contributed by atoms with Crippen LogP contribution in [-0.4, -0.2) is 34.6 Å². The maximum Gasteiger partial charge on any atom is 0.305 e. The fourth-order valence-electron chi connectivity index (χ4n) is 8.08. The Bertz CT molecular complexity index is 1960. The largest absolute Gasteiger partial charge is 0.483 e. The number of hydrogen-bond acceptors (Lipinski definition) is 7. The molecule has 12 heteroatoms. The number of H-pyrrole nitrogens is 1. The predicted octanol–water partition coefficient (Wildman–Crippen LogP) is 6.34. The standard InChI is InChI=1S/C34H27BrFN3O5S2/c1-15-2-7-18(8-3-15)37-24(40)14-44-23-11-4-16(35)12-20(23)25-26-21-13-22(29(26)45-31-30(25)46-34(43)38-31)28-27(21)32(41)39(33(28)42)19-9-5-17(36)6-10-19/h2-12,21-22,25-29H,13-14H2,1H3,(H,37,40)(H,38,43)/t21-,22-,25-,26?,27?,28?,29?/m1/s1. The molecule has 7 atom stereocenters. The third kappa shape index (κ3) is 4.75. The second-order valence-corrected chi connectivity index (χ2v) is 15.5. The molecule has 46 heavy (non-hydrogen) atoms. The van der Waals surface area contributed by atoms with Crippen molar-refractivity contribution in [1.29, 1.82) is 0 Å². The highest BCUT2D eigenvalue weighted by Gasteiger charge is 2.69. The summed E-state index contributed by atoms with van der Waals surface area (Å²) in [7, 11) is 0. The molecule has 0 spiro atoms. The first-order valence-corrected chi connectivity index (χ1v) is 17.5. The molecule has 2 bridgehead atoms. The number of halogens is 2. The van der Waals surface area contributed by atoms with Crippen molar-refractivity contribution in [2.75, 3.05) is 16.8 Å². The van der Waals surface area contributed by atoms with Gasteiger partial charge in [-0.2, -0.15) is 0 Å². The van der Waals surface area contributed by atoms with E-state index in [1.165, 1.54) is 29.2 Å². The molecule has 3 heterocycles. The fourth-order valence-corrected chi connectivity index (χ4v) is 11.3. The number of benzene rings is 3. The number of fused-ring (bicyclic) bond motifs is 9. The lowest BCUT2D eigenvalue weighted by atomic mass is 9.68. The molecule has 2 aliphatic heterocycles. The summed E-state index contributed by atoms with van der Waals surface area (Å²) in [6.45, 7) is 1.76. The van der Waals surface area contributed by atoms with Crippen LogP contribution in [0.15, 0.2) is 81.0 Å². The molecule has 8 nitrogen and oxygen atoms in total. The number of aromatic amines is 1. The van der Waals surface area contributed by atoms with Gasteiger partial charge >= 0.3 is 4.87 Å². The number of thioether (sulfide) groups is 1. The lowest BCUT2D eigenvalue weighted by Gasteiger charge is -2.43. The molecule has 4 unspecified atom stereocenters. The van der Waals surface area contributed by atoms with E-state index in [2.05, 4.69) is 26.2 Å². The summed E-state index contributed by atoms with van der Waals surface area (Å²) >= 11 is 6.37. The van der Waals surface area contributed by atoms with E-state index in [-0.39, 0.29) is 58.1 Å². The molecule has 0 radical (unpaired) electrons. The number of imide groups is 1. The summed E-state index contributed by atoms with van der Waals surface area (Å²) in [5.41, 5.74) is 2.96. The number of aryl methyl sites for hydroxylation is 1. The van der Waals surface area contributed by atoms with Crippen LogP contribution in [0, 0.1) is 42.3 Å². The summed E-state index contributed by atoms with van der Waals surface area (Å²) in [6.07, 6.45) is 0.727. The topological polar surface area (TPSA) is 109 Å². The van der Waals surface area contributed by atoms with Crippen LogP contribution >= 0.6 is 39.0 Å². The molecule has 3 amide bonds. The highest BCUT2D eigenvalue weighted by molar-refractivity contribution is 9.10. The van der Waals surface area contributed by atoms with Gasteiger partial charge in [-0.15, -0.1) is 11.8 Å². The molecule has 2 aliphatic carbocycles. The maximum absolute atomic E-state index is 14.0. The Hall–Kier alpha value is -3.74.